The fraction of sp³-hybridized carbons (Fsp3) is 0.294. The zero-order chi connectivity index (χ0) is 19.5. The largest absolute Gasteiger partial charge is 0.378 e. The van der Waals surface area contributed by atoms with Gasteiger partial charge in [-0.05, 0) is 49.4 Å². The maximum Gasteiger partial charge on any atom is 0.293 e. The summed E-state index contributed by atoms with van der Waals surface area (Å²) in [5.74, 6) is 0. The average Bonchev–Trinajstić information content (AvgIpc) is 2.60. The summed E-state index contributed by atoms with van der Waals surface area (Å²) in [7, 11) is 1.42. The third kappa shape index (κ3) is 4.30. The lowest BCUT2D eigenvalue weighted by Crippen LogP contribution is -2.18. The highest BCUT2D eigenvalue weighted by molar-refractivity contribution is 7.89. The molecule has 0 amide bonds. The SMILES string of the molecule is CNS(=O)(=O)c1ccc(NCc2ccc(N(C)C)cc2C)c([N+](=O)[O-])c1. The standard InChI is InChI=1S/C17H22N4O4S/c1-12-9-14(20(3)4)6-5-13(12)11-19-16-8-7-15(26(24,25)18-2)10-17(16)21(22)23/h5-10,18-19H,11H2,1-4H3. The molecule has 0 saturated heterocycles. The van der Waals surface area contributed by atoms with Gasteiger partial charge in [-0.15, -0.1) is 0 Å². The van der Waals surface area contributed by atoms with Crippen LogP contribution in [-0.4, -0.2) is 34.5 Å². The first-order chi connectivity index (χ1) is 12.2. The van der Waals surface area contributed by atoms with E-state index in [1.54, 1.807) is 0 Å². The third-order valence-corrected chi connectivity index (χ3v) is 5.47. The highest BCUT2D eigenvalue weighted by Crippen LogP contribution is 2.28. The van der Waals surface area contributed by atoms with Crippen molar-refractivity contribution in [2.24, 2.45) is 0 Å². The van der Waals surface area contributed by atoms with E-state index in [0.717, 1.165) is 22.9 Å². The van der Waals surface area contributed by atoms with Crippen LogP contribution in [0.4, 0.5) is 17.1 Å². The lowest BCUT2D eigenvalue weighted by Gasteiger charge is -2.16. The number of sulfonamides is 1. The van der Waals surface area contributed by atoms with Crippen molar-refractivity contribution in [2.45, 2.75) is 18.4 Å². The van der Waals surface area contributed by atoms with Crippen LogP contribution >= 0.6 is 0 Å². The Labute approximate surface area is 153 Å². The van der Waals surface area contributed by atoms with Crippen molar-refractivity contribution in [3.8, 4) is 0 Å². The number of nitrogens with zero attached hydrogens (tertiary/aromatic N) is 2. The number of hydrogen-bond donors (Lipinski definition) is 2. The first-order valence-electron chi connectivity index (χ1n) is 7.88. The van der Waals surface area contributed by atoms with Crippen molar-refractivity contribution in [3.05, 3.63) is 57.6 Å². The Morgan fingerprint density at radius 3 is 2.38 bits per heavy atom. The molecule has 0 aliphatic rings. The normalized spacial score (nSPS) is 11.2. The molecule has 0 atom stereocenters. The fourth-order valence-corrected chi connectivity index (χ4v) is 3.19. The molecule has 140 valence electrons. The van der Waals surface area contributed by atoms with Crippen molar-refractivity contribution in [3.63, 3.8) is 0 Å². The van der Waals surface area contributed by atoms with E-state index in [0.29, 0.717) is 6.54 Å². The van der Waals surface area contributed by atoms with Gasteiger partial charge in [0.05, 0.1) is 9.82 Å². The number of anilines is 2. The lowest BCUT2D eigenvalue weighted by molar-refractivity contribution is -0.384. The van der Waals surface area contributed by atoms with Crippen LogP contribution < -0.4 is 14.9 Å². The fourth-order valence-electron chi connectivity index (χ4n) is 2.44. The monoisotopic (exact) mass is 378 g/mol. The third-order valence-electron chi connectivity index (χ3n) is 4.06. The summed E-state index contributed by atoms with van der Waals surface area (Å²) in [6.07, 6.45) is 0. The zero-order valence-corrected chi connectivity index (χ0v) is 15.9. The molecular weight excluding hydrogens is 356 g/mol. The van der Waals surface area contributed by atoms with Crippen LogP contribution in [0.25, 0.3) is 0 Å². The maximum absolute atomic E-state index is 11.8. The predicted molar refractivity (Wildman–Crippen MR) is 102 cm³/mol. The first-order valence-corrected chi connectivity index (χ1v) is 9.36. The molecule has 0 spiro atoms. The van der Waals surface area contributed by atoms with Gasteiger partial charge in [0.2, 0.25) is 10.0 Å². The Kier molecular flexibility index (Phi) is 5.83. The number of benzene rings is 2. The van der Waals surface area contributed by atoms with Crippen molar-refractivity contribution in [2.75, 3.05) is 31.4 Å². The summed E-state index contributed by atoms with van der Waals surface area (Å²) in [4.78, 5) is 12.6. The van der Waals surface area contributed by atoms with Gasteiger partial charge in [0.25, 0.3) is 5.69 Å². The quantitative estimate of drug-likeness (QED) is 0.567. The smallest absolute Gasteiger partial charge is 0.293 e. The lowest BCUT2D eigenvalue weighted by atomic mass is 10.1. The van der Waals surface area contributed by atoms with Crippen LogP contribution in [0.1, 0.15) is 11.1 Å². The number of rotatable bonds is 7. The van der Waals surface area contributed by atoms with Crippen LogP contribution in [0, 0.1) is 17.0 Å². The van der Waals surface area contributed by atoms with Crippen LogP contribution in [0.2, 0.25) is 0 Å². The zero-order valence-electron chi connectivity index (χ0n) is 15.1. The van der Waals surface area contributed by atoms with Crippen LogP contribution in [0.3, 0.4) is 0 Å². The van der Waals surface area contributed by atoms with Crippen molar-refractivity contribution in [1.29, 1.82) is 0 Å². The molecule has 0 aliphatic heterocycles. The molecule has 0 aromatic heterocycles. The van der Waals surface area contributed by atoms with Gasteiger partial charge in [-0.25, -0.2) is 13.1 Å². The second-order valence-corrected chi connectivity index (χ2v) is 7.89. The maximum atomic E-state index is 11.8. The predicted octanol–water partition coefficient (Wildman–Crippen LogP) is 2.49. The molecule has 0 aliphatic carbocycles. The van der Waals surface area contributed by atoms with E-state index in [2.05, 4.69) is 10.0 Å². The molecule has 26 heavy (non-hydrogen) atoms. The summed E-state index contributed by atoms with van der Waals surface area (Å²) in [5.41, 5.74) is 3.10. The Morgan fingerprint density at radius 2 is 1.85 bits per heavy atom. The molecule has 0 unspecified atom stereocenters. The van der Waals surface area contributed by atoms with Gasteiger partial charge >= 0.3 is 0 Å². The summed E-state index contributed by atoms with van der Waals surface area (Å²) < 4.78 is 25.8. The second kappa shape index (κ2) is 7.71. The van der Waals surface area contributed by atoms with Gasteiger partial charge in [-0.2, -0.15) is 0 Å². The minimum absolute atomic E-state index is 0.149. The summed E-state index contributed by atoms with van der Waals surface area (Å²) in [5, 5.41) is 14.4. The number of nitro benzene ring substituents is 1. The summed E-state index contributed by atoms with van der Waals surface area (Å²) in [6.45, 7) is 2.36. The number of aryl methyl sites for hydroxylation is 1. The van der Waals surface area contributed by atoms with Gasteiger partial charge in [0.15, 0.2) is 0 Å². The van der Waals surface area contributed by atoms with Crippen LogP contribution in [-0.2, 0) is 16.6 Å². The minimum atomic E-state index is -3.74. The highest BCUT2D eigenvalue weighted by atomic mass is 32.2. The Morgan fingerprint density at radius 1 is 1.15 bits per heavy atom. The number of nitrogens with one attached hydrogen (secondary N) is 2. The van der Waals surface area contributed by atoms with E-state index in [1.165, 1.54) is 19.2 Å². The van der Waals surface area contributed by atoms with Crippen LogP contribution in [0.5, 0.6) is 0 Å². The molecule has 0 bridgehead atoms. The first kappa shape index (κ1) is 19.7. The Balaban J connectivity index is 2.28. The van der Waals surface area contributed by atoms with Crippen molar-refractivity contribution in [1.82, 2.24) is 4.72 Å². The highest BCUT2D eigenvalue weighted by Gasteiger charge is 2.20. The molecular formula is C17H22N4O4S. The average molecular weight is 378 g/mol. The van der Waals surface area contributed by atoms with E-state index >= 15 is 0 Å². The minimum Gasteiger partial charge on any atom is -0.378 e. The second-order valence-electron chi connectivity index (χ2n) is 6.00. The molecule has 9 heteroatoms. The topological polar surface area (TPSA) is 105 Å². The van der Waals surface area contributed by atoms with Crippen LogP contribution in [0.15, 0.2) is 41.3 Å². The molecule has 2 aromatic rings. The summed E-state index contributed by atoms with van der Waals surface area (Å²) >= 11 is 0. The Bertz CT molecular complexity index is 926. The van der Waals surface area contributed by atoms with Gasteiger partial charge in [-0.3, -0.25) is 10.1 Å². The van der Waals surface area contributed by atoms with Crippen molar-refractivity contribution >= 4 is 27.1 Å². The molecule has 8 nitrogen and oxygen atoms in total. The van der Waals surface area contributed by atoms with E-state index in [9.17, 15) is 18.5 Å². The van der Waals surface area contributed by atoms with Gasteiger partial charge < -0.3 is 10.2 Å². The molecule has 0 fully saturated rings. The van der Waals surface area contributed by atoms with E-state index in [-0.39, 0.29) is 16.3 Å². The molecule has 2 N–H and O–H groups in total. The van der Waals surface area contributed by atoms with E-state index in [4.69, 9.17) is 0 Å². The van der Waals surface area contributed by atoms with E-state index < -0.39 is 14.9 Å². The molecule has 0 saturated carbocycles. The summed E-state index contributed by atoms with van der Waals surface area (Å²) in [6, 6.07) is 9.77. The number of nitro groups is 1. The molecule has 0 heterocycles. The van der Waals surface area contributed by atoms with Crippen molar-refractivity contribution < 1.29 is 13.3 Å². The molecule has 0 radical (unpaired) electrons. The molecule has 2 rings (SSSR count). The molecule has 2 aromatic carbocycles. The van der Waals surface area contributed by atoms with Gasteiger partial charge in [-0.1, -0.05) is 6.07 Å². The Hall–Kier alpha value is -2.65. The number of hydrogen-bond acceptors (Lipinski definition) is 6. The van der Waals surface area contributed by atoms with E-state index in [1.807, 2.05) is 44.1 Å². The van der Waals surface area contributed by atoms with Gasteiger partial charge in [0.1, 0.15) is 5.69 Å². The van der Waals surface area contributed by atoms with Gasteiger partial charge in [0, 0.05) is 32.4 Å².